The molecule has 1 unspecified atom stereocenters. The van der Waals surface area contributed by atoms with Gasteiger partial charge in [-0.25, -0.2) is 4.79 Å². The molecule has 2 amide bonds. The molecule has 0 aromatic heterocycles. The van der Waals surface area contributed by atoms with Gasteiger partial charge in [-0.1, -0.05) is 67.8 Å². The van der Waals surface area contributed by atoms with Crippen LogP contribution in [0.5, 0.6) is 0 Å². The van der Waals surface area contributed by atoms with Crippen molar-refractivity contribution in [1.29, 1.82) is 0 Å². The predicted molar refractivity (Wildman–Crippen MR) is 130 cm³/mol. The minimum Gasteiger partial charge on any atom is -0.481 e. The van der Waals surface area contributed by atoms with E-state index >= 15 is 0 Å². The maximum Gasteiger partial charge on any atom is 0.407 e. The van der Waals surface area contributed by atoms with E-state index in [1.54, 1.807) is 0 Å². The Labute approximate surface area is 205 Å². The molecule has 1 saturated carbocycles. The van der Waals surface area contributed by atoms with Gasteiger partial charge < -0.3 is 25.2 Å². The van der Waals surface area contributed by atoms with Crippen LogP contribution in [0.25, 0.3) is 11.1 Å². The summed E-state index contributed by atoms with van der Waals surface area (Å²) in [5.41, 5.74) is 3.58. The first-order valence-corrected chi connectivity index (χ1v) is 12.1. The van der Waals surface area contributed by atoms with E-state index in [2.05, 4.69) is 22.8 Å². The van der Waals surface area contributed by atoms with Crippen LogP contribution in [-0.2, 0) is 19.1 Å². The third-order valence-corrected chi connectivity index (χ3v) is 7.22. The van der Waals surface area contributed by atoms with E-state index in [1.165, 1.54) is 7.11 Å². The van der Waals surface area contributed by atoms with Crippen LogP contribution < -0.4 is 10.6 Å². The second kappa shape index (κ2) is 10.9. The Kier molecular flexibility index (Phi) is 7.70. The van der Waals surface area contributed by atoms with Crippen molar-refractivity contribution in [3.8, 4) is 11.1 Å². The van der Waals surface area contributed by atoms with Crippen LogP contribution in [0.4, 0.5) is 4.79 Å². The number of hydrogen-bond donors (Lipinski definition) is 3. The molecule has 0 radical (unpaired) electrons. The second-order valence-corrected chi connectivity index (χ2v) is 9.29. The first-order chi connectivity index (χ1) is 16.9. The highest BCUT2D eigenvalue weighted by Crippen LogP contribution is 2.44. The van der Waals surface area contributed by atoms with E-state index in [0.717, 1.165) is 41.5 Å². The maximum absolute atomic E-state index is 12.6. The van der Waals surface area contributed by atoms with Crippen LogP contribution in [0.2, 0.25) is 0 Å². The number of carbonyl (C=O) groups is 3. The number of fused-ring (bicyclic) bond motifs is 3. The Morgan fingerprint density at radius 2 is 1.57 bits per heavy atom. The van der Waals surface area contributed by atoms with Gasteiger partial charge in [0.1, 0.15) is 6.61 Å². The topological polar surface area (TPSA) is 114 Å². The molecule has 8 heteroatoms. The summed E-state index contributed by atoms with van der Waals surface area (Å²) < 4.78 is 10.7. The highest BCUT2D eigenvalue weighted by Gasteiger charge is 2.40. The number of nitrogens with one attached hydrogen (secondary N) is 2. The zero-order chi connectivity index (χ0) is 24.8. The second-order valence-electron chi connectivity index (χ2n) is 9.29. The minimum absolute atomic E-state index is 0.0476. The lowest BCUT2D eigenvalue weighted by molar-refractivity contribution is -0.151. The van der Waals surface area contributed by atoms with Crippen molar-refractivity contribution >= 4 is 18.0 Å². The van der Waals surface area contributed by atoms with Crippen LogP contribution in [-0.4, -0.2) is 56.0 Å². The normalized spacial score (nSPS) is 17.1. The number of carboxylic acid groups (broad SMARTS) is 1. The zero-order valence-electron chi connectivity index (χ0n) is 19.9. The first-order valence-electron chi connectivity index (χ1n) is 12.1. The van der Waals surface area contributed by atoms with Crippen molar-refractivity contribution in [1.82, 2.24) is 10.6 Å². The van der Waals surface area contributed by atoms with Crippen molar-refractivity contribution in [2.75, 3.05) is 26.8 Å². The molecular formula is C27H32N2O6. The molecule has 1 atom stereocenters. The summed E-state index contributed by atoms with van der Waals surface area (Å²) in [5, 5.41) is 15.0. The van der Waals surface area contributed by atoms with E-state index in [9.17, 15) is 19.5 Å². The number of carbonyl (C=O) groups excluding carboxylic acids is 2. The average Bonchev–Trinajstić information content (AvgIpc) is 3.20. The van der Waals surface area contributed by atoms with E-state index in [-0.39, 0.29) is 25.6 Å². The SMILES string of the molecule is COC(CNC(=O)OCC1c2ccccc2-c2ccccc21)C(=O)NCC1(C(=O)O)CCCCC1. The molecule has 2 aliphatic rings. The highest BCUT2D eigenvalue weighted by molar-refractivity contribution is 5.83. The lowest BCUT2D eigenvalue weighted by atomic mass is 9.74. The summed E-state index contributed by atoms with van der Waals surface area (Å²) in [6.45, 7) is 0.135. The fourth-order valence-corrected chi connectivity index (χ4v) is 5.17. The van der Waals surface area contributed by atoms with Gasteiger partial charge in [0.15, 0.2) is 6.10 Å². The molecular weight excluding hydrogens is 448 g/mol. The highest BCUT2D eigenvalue weighted by atomic mass is 16.5. The zero-order valence-corrected chi connectivity index (χ0v) is 19.9. The number of carboxylic acids is 1. The summed E-state index contributed by atoms with van der Waals surface area (Å²) in [6.07, 6.45) is 2.16. The van der Waals surface area contributed by atoms with Gasteiger partial charge in [-0.3, -0.25) is 9.59 Å². The predicted octanol–water partition coefficient (Wildman–Crippen LogP) is 3.69. The molecule has 0 bridgehead atoms. The number of ether oxygens (including phenoxy) is 2. The molecule has 2 aromatic rings. The molecule has 0 saturated heterocycles. The Balaban J connectivity index is 1.28. The lowest BCUT2D eigenvalue weighted by Crippen LogP contribution is -2.49. The number of benzene rings is 2. The van der Waals surface area contributed by atoms with Crippen LogP contribution >= 0.6 is 0 Å². The molecule has 186 valence electrons. The Morgan fingerprint density at radius 1 is 0.971 bits per heavy atom. The first kappa shape index (κ1) is 24.7. The van der Waals surface area contributed by atoms with Crippen molar-refractivity contribution in [3.05, 3.63) is 59.7 Å². The number of alkyl carbamates (subject to hydrolysis) is 1. The molecule has 0 spiro atoms. The monoisotopic (exact) mass is 480 g/mol. The minimum atomic E-state index is -0.954. The fraction of sp³-hybridized carbons (Fsp3) is 0.444. The third kappa shape index (κ3) is 5.32. The molecule has 2 aliphatic carbocycles. The van der Waals surface area contributed by atoms with E-state index in [1.807, 2.05) is 36.4 Å². The smallest absolute Gasteiger partial charge is 0.407 e. The van der Waals surface area contributed by atoms with Gasteiger partial charge in [-0.15, -0.1) is 0 Å². The van der Waals surface area contributed by atoms with Gasteiger partial charge >= 0.3 is 12.1 Å². The van der Waals surface area contributed by atoms with Gasteiger partial charge in [0, 0.05) is 19.6 Å². The Bertz CT molecular complexity index is 1030. The molecule has 2 aromatic carbocycles. The van der Waals surface area contributed by atoms with Gasteiger partial charge in [-0.2, -0.15) is 0 Å². The van der Waals surface area contributed by atoms with Crippen molar-refractivity contribution in [3.63, 3.8) is 0 Å². The van der Waals surface area contributed by atoms with Gasteiger partial charge in [-0.05, 0) is 35.1 Å². The van der Waals surface area contributed by atoms with Gasteiger partial charge in [0.25, 0.3) is 5.91 Å². The number of hydrogen-bond acceptors (Lipinski definition) is 5. The van der Waals surface area contributed by atoms with Gasteiger partial charge in [0.2, 0.25) is 0 Å². The van der Waals surface area contributed by atoms with Crippen molar-refractivity contribution in [2.24, 2.45) is 5.41 Å². The molecule has 1 fully saturated rings. The number of amides is 2. The number of methoxy groups -OCH3 is 1. The number of aliphatic carboxylic acids is 1. The van der Waals surface area contributed by atoms with Crippen molar-refractivity contribution in [2.45, 2.75) is 44.1 Å². The molecule has 35 heavy (non-hydrogen) atoms. The van der Waals surface area contributed by atoms with Gasteiger partial charge in [0.05, 0.1) is 12.0 Å². The quantitative estimate of drug-likeness (QED) is 0.504. The average molecular weight is 481 g/mol. The molecule has 8 nitrogen and oxygen atoms in total. The summed E-state index contributed by atoms with van der Waals surface area (Å²) in [7, 11) is 1.37. The fourth-order valence-electron chi connectivity index (χ4n) is 5.17. The Morgan fingerprint density at radius 3 is 2.14 bits per heavy atom. The summed E-state index contributed by atoms with van der Waals surface area (Å²) >= 11 is 0. The lowest BCUT2D eigenvalue weighted by Gasteiger charge is -2.33. The van der Waals surface area contributed by atoms with E-state index in [4.69, 9.17) is 9.47 Å². The Hall–Kier alpha value is -3.39. The third-order valence-electron chi connectivity index (χ3n) is 7.22. The van der Waals surface area contributed by atoms with E-state index < -0.39 is 29.5 Å². The molecule has 0 aliphatic heterocycles. The number of rotatable bonds is 9. The summed E-state index contributed by atoms with van der Waals surface area (Å²) in [4.78, 5) is 36.9. The summed E-state index contributed by atoms with van der Waals surface area (Å²) in [6, 6.07) is 16.2. The van der Waals surface area contributed by atoms with Crippen LogP contribution in [0, 0.1) is 5.41 Å². The largest absolute Gasteiger partial charge is 0.481 e. The van der Waals surface area contributed by atoms with Crippen LogP contribution in [0.1, 0.15) is 49.1 Å². The molecule has 0 heterocycles. The summed E-state index contributed by atoms with van der Waals surface area (Å²) in [5.74, 6) is -1.40. The maximum atomic E-state index is 12.6. The van der Waals surface area contributed by atoms with E-state index in [0.29, 0.717) is 12.8 Å². The molecule has 4 rings (SSSR count). The molecule has 3 N–H and O–H groups in total. The van der Waals surface area contributed by atoms with Crippen LogP contribution in [0.3, 0.4) is 0 Å². The standard InChI is InChI=1S/C27H32N2O6/c1-34-23(24(30)29-17-27(25(31)32)13-7-2-8-14-27)15-28-26(33)35-16-22-20-11-5-3-9-18(20)19-10-4-6-12-21(19)22/h3-6,9-12,22-23H,2,7-8,13-17H2,1H3,(H,28,33)(H,29,30)(H,31,32). The van der Waals surface area contributed by atoms with Crippen molar-refractivity contribution < 1.29 is 29.0 Å². The van der Waals surface area contributed by atoms with Crippen LogP contribution in [0.15, 0.2) is 48.5 Å².